The highest BCUT2D eigenvalue weighted by molar-refractivity contribution is 6.04. The van der Waals surface area contributed by atoms with Crippen LogP contribution in [0.4, 0.5) is 11.4 Å². The molecule has 2 heterocycles. The summed E-state index contributed by atoms with van der Waals surface area (Å²) in [5.74, 6) is -0.417. The molecule has 0 atom stereocenters. The van der Waals surface area contributed by atoms with Crippen molar-refractivity contribution >= 4 is 22.9 Å². The number of benzene rings is 1. The van der Waals surface area contributed by atoms with Crippen LogP contribution in [0.15, 0.2) is 42.9 Å². The Hall–Kier alpha value is -3.29. The van der Waals surface area contributed by atoms with Gasteiger partial charge in [0, 0.05) is 23.4 Å². The molecule has 0 radical (unpaired) electrons. The van der Waals surface area contributed by atoms with Gasteiger partial charge in [0.05, 0.1) is 10.6 Å². The van der Waals surface area contributed by atoms with Gasteiger partial charge in [0.1, 0.15) is 6.33 Å². The first-order chi connectivity index (χ1) is 11.5. The number of amides is 1. The van der Waals surface area contributed by atoms with Crippen molar-refractivity contribution in [2.45, 2.75) is 19.8 Å². The van der Waals surface area contributed by atoms with Gasteiger partial charge in [-0.2, -0.15) is 0 Å². The van der Waals surface area contributed by atoms with Gasteiger partial charge in [0.2, 0.25) is 0 Å². The van der Waals surface area contributed by atoms with Crippen molar-refractivity contribution in [2.75, 3.05) is 5.32 Å². The lowest BCUT2D eigenvalue weighted by Gasteiger charge is -2.09. The second-order valence-electron chi connectivity index (χ2n) is 5.65. The van der Waals surface area contributed by atoms with E-state index in [1.54, 1.807) is 34.9 Å². The topological polar surface area (TPSA) is 102 Å². The van der Waals surface area contributed by atoms with Crippen LogP contribution in [0.5, 0.6) is 0 Å². The van der Waals surface area contributed by atoms with Gasteiger partial charge in [0.25, 0.3) is 11.6 Å². The van der Waals surface area contributed by atoms with Crippen LogP contribution in [0.3, 0.4) is 0 Å². The minimum atomic E-state index is -0.463. The van der Waals surface area contributed by atoms with Gasteiger partial charge < -0.3 is 5.32 Å². The summed E-state index contributed by atoms with van der Waals surface area (Å²) < 4.78 is 1.67. The smallest absolute Gasteiger partial charge is 0.273 e. The molecule has 122 valence electrons. The molecule has 0 aliphatic heterocycles. The largest absolute Gasteiger partial charge is 0.321 e. The molecule has 24 heavy (non-hydrogen) atoms. The molecule has 1 amide bonds. The Balaban J connectivity index is 1.89. The van der Waals surface area contributed by atoms with Crippen molar-refractivity contribution in [2.24, 2.45) is 0 Å². The molecule has 1 N–H and O–H groups in total. The molecule has 0 saturated carbocycles. The number of hydrogen-bond acceptors (Lipinski definition) is 5. The molecule has 1 aromatic carbocycles. The summed E-state index contributed by atoms with van der Waals surface area (Å²) in [5.41, 5.74) is 1.98. The highest BCUT2D eigenvalue weighted by Crippen LogP contribution is 2.27. The van der Waals surface area contributed by atoms with Gasteiger partial charge in [0.15, 0.2) is 5.65 Å². The Labute approximate surface area is 137 Å². The standard InChI is InChI=1S/C16H15N5O3/c1-10(2)13-5-3-11(7-14(13)21(23)24)16(22)18-12-4-6-15-19-17-9-20(15)8-12/h3-10H,1-2H3,(H,18,22). The molecule has 8 heteroatoms. The van der Waals surface area contributed by atoms with E-state index in [4.69, 9.17) is 0 Å². The van der Waals surface area contributed by atoms with Crippen LogP contribution >= 0.6 is 0 Å². The molecule has 0 aliphatic rings. The number of nitro groups is 1. The molecule has 0 bridgehead atoms. The van der Waals surface area contributed by atoms with E-state index in [1.165, 1.54) is 12.4 Å². The Kier molecular flexibility index (Phi) is 3.95. The molecule has 0 saturated heterocycles. The summed E-state index contributed by atoms with van der Waals surface area (Å²) in [7, 11) is 0. The van der Waals surface area contributed by atoms with Gasteiger partial charge in [-0.15, -0.1) is 10.2 Å². The maximum Gasteiger partial charge on any atom is 0.273 e. The average molecular weight is 325 g/mol. The number of aromatic nitrogens is 3. The minimum Gasteiger partial charge on any atom is -0.321 e. The number of carbonyl (C=O) groups is 1. The van der Waals surface area contributed by atoms with Crippen molar-refractivity contribution < 1.29 is 9.72 Å². The second-order valence-corrected chi connectivity index (χ2v) is 5.65. The number of hydrogen-bond donors (Lipinski definition) is 1. The summed E-state index contributed by atoms with van der Waals surface area (Å²) in [6.07, 6.45) is 3.19. The monoisotopic (exact) mass is 325 g/mol. The maximum atomic E-state index is 12.4. The SMILES string of the molecule is CC(C)c1ccc(C(=O)Nc2ccc3nncn3c2)cc1[N+](=O)[O-]. The number of nitrogens with zero attached hydrogens (tertiary/aromatic N) is 4. The van der Waals surface area contributed by atoms with E-state index in [0.29, 0.717) is 16.9 Å². The van der Waals surface area contributed by atoms with E-state index in [9.17, 15) is 14.9 Å². The first kappa shape index (κ1) is 15.6. The average Bonchev–Trinajstić information content (AvgIpc) is 3.01. The number of pyridine rings is 1. The van der Waals surface area contributed by atoms with Crippen LogP contribution in [0, 0.1) is 10.1 Å². The van der Waals surface area contributed by atoms with Crippen LogP contribution in [-0.2, 0) is 0 Å². The molecule has 0 fully saturated rings. The first-order valence-corrected chi connectivity index (χ1v) is 7.35. The predicted octanol–water partition coefficient (Wildman–Crippen LogP) is 3.01. The molecular formula is C16H15N5O3. The number of carbonyl (C=O) groups excluding carboxylic acids is 1. The fraction of sp³-hybridized carbons (Fsp3) is 0.188. The van der Waals surface area contributed by atoms with Crippen molar-refractivity contribution in [1.82, 2.24) is 14.6 Å². The highest BCUT2D eigenvalue weighted by atomic mass is 16.6. The molecule has 0 unspecified atom stereocenters. The van der Waals surface area contributed by atoms with Crippen LogP contribution < -0.4 is 5.32 Å². The Morgan fingerprint density at radius 1 is 1.29 bits per heavy atom. The fourth-order valence-electron chi connectivity index (χ4n) is 2.44. The van der Waals surface area contributed by atoms with Crippen LogP contribution in [0.1, 0.15) is 35.7 Å². The lowest BCUT2D eigenvalue weighted by molar-refractivity contribution is -0.385. The third-order valence-electron chi connectivity index (χ3n) is 3.66. The second kappa shape index (κ2) is 6.07. The zero-order valence-electron chi connectivity index (χ0n) is 13.1. The quantitative estimate of drug-likeness (QED) is 0.586. The number of fused-ring (bicyclic) bond motifs is 1. The molecular weight excluding hydrogens is 310 g/mol. The number of nitrogens with one attached hydrogen (secondary N) is 1. The first-order valence-electron chi connectivity index (χ1n) is 7.35. The third-order valence-corrected chi connectivity index (χ3v) is 3.66. The van der Waals surface area contributed by atoms with E-state index in [2.05, 4.69) is 15.5 Å². The Morgan fingerprint density at radius 3 is 2.79 bits per heavy atom. The summed E-state index contributed by atoms with van der Waals surface area (Å²) >= 11 is 0. The van der Waals surface area contributed by atoms with Crippen LogP contribution in [0.25, 0.3) is 5.65 Å². The summed E-state index contributed by atoms with van der Waals surface area (Å²) in [6.45, 7) is 3.74. The van der Waals surface area contributed by atoms with E-state index in [0.717, 1.165) is 0 Å². The normalized spacial score (nSPS) is 11.0. The van der Waals surface area contributed by atoms with Gasteiger partial charge >= 0.3 is 0 Å². The zero-order chi connectivity index (χ0) is 17.3. The fourth-order valence-corrected chi connectivity index (χ4v) is 2.44. The van der Waals surface area contributed by atoms with E-state index in [1.807, 2.05) is 13.8 Å². The van der Waals surface area contributed by atoms with Gasteiger partial charge in [-0.1, -0.05) is 19.9 Å². The molecule has 0 aliphatic carbocycles. The Morgan fingerprint density at radius 2 is 2.08 bits per heavy atom. The third kappa shape index (κ3) is 2.94. The lowest BCUT2D eigenvalue weighted by Crippen LogP contribution is -2.13. The van der Waals surface area contributed by atoms with Crippen molar-refractivity contribution in [1.29, 1.82) is 0 Å². The predicted molar refractivity (Wildman–Crippen MR) is 88.1 cm³/mol. The summed E-state index contributed by atoms with van der Waals surface area (Å²) in [4.78, 5) is 23.1. The lowest BCUT2D eigenvalue weighted by atomic mass is 9.99. The molecule has 2 aromatic heterocycles. The summed E-state index contributed by atoms with van der Waals surface area (Å²) in [5, 5.41) is 21.6. The molecule has 8 nitrogen and oxygen atoms in total. The minimum absolute atomic E-state index is 0.00124. The van der Waals surface area contributed by atoms with Crippen LogP contribution in [0.2, 0.25) is 0 Å². The van der Waals surface area contributed by atoms with Gasteiger partial charge in [-0.05, 0) is 24.1 Å². The van der Waals surface area contributed by atoms with Gasteiger partial charge in [-0.3, -0.25) is 19.3 Å². The van der Waals surface area contributed by atoms with Gasteiger partial charge in [-0.25, -0.2) is 0 Å². The maximum absolute atomic E-state index is 12.4. The van der Waals surface area contributed by atoms with Crippen molar-refractivity contribution in [3.05, 3.63) is 64.1 Å². The highest BCUT2D eigenvalue weighted by Gasteiger charge is 2.19. The molecule has 3 rings (SSSR count). The Bertz CT molecular complexity index is 932. The zero-order valence-corrected chi connectivity index (χ0v) is 13.1. The van der Waals surface area contributed by atoms with E-state index < -0.39 is 10.8 Å². The number of rotatable bonds is 4. The van der Waals surface area contributed by atoms with E-state index in [-0.39, 0.29) is 17.2 Å². The molecule has 3 aromatic rings. The van der Waals surface area contributed by atoms with E-state index >= 15 is 0 Å². The summed E-state index contributed by atoms with van der Waals surface area (Å²) in [6, 6.07) is 7.93. The van der Waals surface area contributed by atoms with Crippen LogP contribution in [-0.4, -0.2) is 25.4 Å². The number of nitro benzene ring substituents is 1. The van der Waals surface area contributed by atoms with Crippen molar-refractivity contribution in [3.63, 3.8) is 0 Å². The molecule has 0 spiro atoms. The number of anilines is 1. The van der Waals surface area contributed by atoms with Crippen molar-refractivity contribution in [3.8, 4) is 0 Å².